The molecule has 3 heterocycles. The number of hydrogen-bond donors (Lipinski definition) is 1. The van der Waals surface area contributed by atoms with Gasteiger partial charge in [-0.05, 0) is 30.8 Å². The molecule has 1 aromatic heterocycles. The first kappa shape index (κ1) is 13.6. The first-order valence-corrected chi connectivity index (χ1v) is 7.94. The molecule has 2 aliphatic rings. The van der Waals surface area contributed by atoms with Crippen LogP contribution < -0.4 is 5.32 Å². The fourth-order valence-corrected chi connectivity index (χ4v) is 3.84. The molecule has 5 nitrogen and oxygen atoms in total. The van der Waals surface area contributed by atoms with Crippen LogP contribution in [0.2, 0.25) is 0 Å². The molecule has 108 valence electrons. The Labute approximate surface area is 122 Å². The van der Waals surface area contributed by atoms with Gasteiger partial charge in [0.05, 0.1) is 13.1 Å². The molecule has 0 aliphatic carbocycles. The van der Waals surface area contributed by atoms with Crippen molar-refractivity contribution in [3.63, 3.8) is 0 Å². The summed E-state index contributed by atoms with van der Waals surface area (Å²) in [6, 6.07) is 4.58. The van der Waals surface area contributed by atoms with Gasteiger partial charge in [-0.1, -0.05) is 6.07 Å². The summed E-state index contributed by atoms with van der Waals surface area (Å²) in [6.45, 7) is 2.79. The lowest BCUT2D eigenvalue weighted by Gasteiger charge is -2.30. The van der Waals surface area contributed by atoms with Crippen LogP contribution in [0.1, 0.15) is 23.8 Å². The van der Waals surface area contributed by atoms with Crippen molar-refractivity contribution in [3.8, 4) is 0 Å². The van der Waals surface area contributed by atoms with E-state index in [4.69, 9.17) is 0 Å². The molecule has 1 aromatic rings. The molecule has 2 saturated heterocycles. The van der Waals surface area contributed by atoms with Crippen molar-refractivity contribution < 1.29 is 9.59 Å². The van der Waals surface area contributed by atoms with Gasteiger partial charge in [0, 0.05) is 24.0 Å². The van der Waals surface area contributed by atoms with E-state index in [2.05, 4.69) is 27.7 Å². The number of nitrogens with zero attached hydrogens (tertiary/aromatic N) is 2. The third-order valence-electron chi connectivity index (χ3n) is 3.96. The predicted molar refractivity (Wildman–Crippen MR) is 77.5 cm³/mol. The van der Waals surface area contributed by atoms with Crippen LogP contribution >= 0.6 is 11.3 Å². The zero-order valence-corrected chi connectivity index (χ0v) is 12.2. The highest BCUT2D eigenvalue weighted by atomic mass is 32.1. The molecule has 0 saturated carbocycles. The van der Waals surface area contributed by atoms with Crippen molar-refractivity contribution in [3.05, 3.63) is 22.4 Å². The number of rotatable bonds is 3. The third kappa shape index (κ3) is 2.86. The van der Waals surface area contributed by atoms with Crippen molar-refractivity contribution in [2.24, 2.45) is 0 Å². The lowest BCUT2D eigenvalue weighted by atomic mass is 10.2. The largest absolute Gasteiger partial charge is 0.353 e. The van der Waals surface area contributed by atoms with Crippen molar-refractivity contribution in [2.45, 2.75) is 18.9 Å². The summed E-state index contributed by atoms with van der Waals surface area (Å²) in [7, 11) is 0. The highest BCUT2D eigenvalue weighted by Gasteiger charge is 2.30. The fourth-order valence-electron chi connectivity index (χ4n) is 2.94. The number of thiophene rings is 1. The maximum absolute atomic E-state index is 12.3. The van der Waals surface area contributed by atoms with Crippen LogP contribution in [0.4, 0.5) is 0 Å². The second-order valence-corrected chi connectivity index (χ2v) is 6.29. The summed E-state index contributed by atoms with van der Waals surface area (Å²) in [5.41, 5.74) is 0. The van der Waals surface area contributed by atoms with Gasteiger partial charge in [0.15, 0.2) is 0 Å². The Morgan fingerprint density at radius 2 is 2.35 bits per heavy atom. The molecule has 0 bridgehead atoms. The highest BCUT2D eigenvalue weighted by Crippen LogP contribution is 2.34. The van der Waals surface area contributed by atoms with E-state index in [-0.39, 0.29) is 18.4 Å². The van der Waals surface area contributed by atoms with Crippen LogP contribution in [0.25, 0.3) is 0 Å². The van der Waals surface area contributed by atoms with E-state index >= 15 is 0 Å². The van der Waals surface area contributed by atoms with Gasteiger partial charge in [0.1, 0.15) is 0 Å². The van der Waals surface area contributed by atoms with Crippen molar-refractivity contribution in [1.29, 1.82) is 0 Å². The van der Waals surface area contributed by atoms with Crippen LogP contribution in [-0.4, -0.2) is 54.3 Å². The van der Waals surface area contributed by atoms with E-state index in [1.165, 1.54) is 4.88 Å². The van der Waals surface area contributed by atoms with Gasteiger partial charge >= 0.3 is 0 Å². The Kier molecular flexibility index (Phi) is 4.03. The molecule has 0 radical (unpaired) electrons. The third-order valence-corrected chi connectivity index (χ3v) is 4.94. The van der Waals surface area contributed by atoms with E-state index in [1.54, 1.807) is 16.2 Å². The molecule has 2 amide bonds. The minimum absolute atomic E-state index is 0.0548. The number of carbonyl (C=O) groups excluding carboxylic acids is 2. The van der Waals surface area contributed by atoms with E-state index in [1.807, 2.05) is 0 Å². The SMILES string of the molecule is O=C1CN(C(=O)CN2CCC[C@@H]2c2cccs2)CCN1. The molecular weight excluding hydrogens is 274 g/mol. The second-order valence-electron chi connectivity index (χ2n) is 5.31. The quantitative estimate of drug-likeness (QED) is 0.898. The van der Waals surface area contributed by atoms with Crippen LogP contribution in [0.15, 0.2) is 17.5 Å². The Morgan fingerprint density at radius 3 is 3.10 bits per heavy atom. The first-order valence-electron chi connectivity index (χ1n) is 7.06. The monoisotopic (exact) mass is 293 g/mol. The van der Waals surface area contributed by atoms with Gasteiger partial charge in [-0.2, -0.15) is 0 Å². The van der Waals surface area contributed by atoms with E-state index in [9.17, 15) is 9.59 Å². The normalized spacial score (nSPS) is 23.9. The first-order chi connectivity index (χ1) is 9.74. The zero-order valence-electron chi connectivity index (χ0n) is 11.4. The average Bonchev–Trinajstić information content (AvgIpc) is 3.08. The van der Waals surface area contributed by atoms with Crippen molar-refractivity contribution in [1.82, 2.24) is 15.1 Å². The predicted octanol–water partition coefficient (Wildman–Crippen LogP) is 0.843. The molecule has 2 fully saturated rings. The Hall–Kier alpha value is -1.40. The van der Waals surface area contributed by atoms with Crippen LogP contribution in [0.3, 0.4) is 0 Å². The topological polar surface area (TPSA) is 52.7 Å². The molecule has 6 heteroatoms. The summed E-state index contributed by atoms with van der Waals surface area (Å²) < 4.78 is 0. The molecule has 1 atom stereocenters. The van der Waals surface area contributed by atoms with Gasteiger partial charge in [-0.15, -0.1) is 11.3 Å². The van der Waals surface area contributed by atoms with Gasteiger partial charge in [-0.25, -0.2) is 0 Å². The maximum Gasteiger partial charge on any atom is 0.239 e. The maximum atomic E-state index is 12.3. The molecule has 0 unspecified atom stereocenters. The molecular formula is C14H19N3O2S. The van der Waals surface area contributed by atoms with Gasteiger partial charge < -0.3 is 10.2 Å². The van der Waals surface area contributed by atoms with Crippen molar-refractivity contribution in [2.75, 3.05) is 32.7 Å². The number of amides is 2. The number of likely N-dealkylation sites (tertiary alicyclic amines) is 1. The summed E-state index contributed by atoms with van der Waals surface area (Å²) in [5, 5.41) is 4.83. The number of piperazine rings is 1. The molecule has 20 heavy (non-hydrogen) atoms. The summed E-state index contributed by atoms with van der Waals surface area (Å²) in [4.78, 5) is 28.9. The lowest BCUT2D eigenvalue weighted by Crippen LogP contribution is -2.52. The molecule has 2 aliphatic heterocycles. The molecule has 0 spiro atoms. The number of nitrogens with one attached hydrogen (secondary N) is 1. The zero-order chi connectivity index (χ0) is 13.9. The summed E-state index contributed by atoms with van der Waals surface area (Å²) >= 11 is 1.76. The molecule has 3 rings (SSSR count). The fraction of sp³-hybridized carbons (Fsp3) is 0.571. The van der Waals surface area contributed by atoms with Crippen LogP contribution in [-0.2, 0) is 9.59 Å². The van der Waals surface area contributed by atoms with Crippen molar-refractivity contribution >= 4 is 23.2 Å². The van der Waals surface area contributed by atoms with E-state index in [0.717, 1.165) is 19.4 Å². The Bertz CT molecular complexity index is 489. The van der Waals surface area contributed by atoms with E-state index < -0.39 is 0 Å². The molecule has 0 aromatic carbocycles. The number of hydrogen-bond acceptors (Lipinski definition) is 4. The van der Waals surface area contributed by atoms with Gasteiger partial charge in [0.2, 0.25) is 11.8 Å². The highest BCUT2D eigenvalue weighted by molar-refractivity contribution is 7.10. The second kappa shape index (κ2) is 5.93. The minimum atomic E-state index is -0.0548. The molecule has 1 N–H and O–H groups in total. The smallest absolute Gasteiger partial charge is 0.239 e. The van der Waals surface area contributed by atoms with Gasteiger partial charge in [0.25, 0.3) is 0 Å². The minimum Gasteiger partial charge on any atom is -0.353 e. The van der Waals surface area contributed by atoms with Gasteiger partial charge in [-0.3, -0.25) is 14.5 Å². The van der Waals surface area contributed by atoms with Crippen LogP contribution in [0, 0.1) is 0 Å². The Morgan fingerprint density at radius 1 is 1.45 bits per heavy atom. The van der Waals surface area contributed by atoms with E-state index in [0.29, 0.717) is 25.7 Å². The lowest BCUT2D eigenvalue weighted by molar-refractivity contribution is -0.139. The number of carbonyl (C=O) groups is 2. The Balaban J connectivity index is 1.61. The average molecular weight is 293 g/mol. The summed E-state index contributed by atoms with van der Waals surface area (Å²) in [6.07, 6.45) is 2.25. The standard InChI is InChI=1S/C14H19N3O2S/c18-13-9-17(7-5-15-13)14(19)10-16-6-1-3-11(16)12-4-2-8-20-12/h2,4,8,11H,1,3,5-7,9-10H2,(H,15,18)/t11-/m1/s1. The van der Waals surface area contributed by atoms with Crippen LogP contribution in [0.5, 0.6) is 0 Å². The summed E-state index contributed by atoms with van der Waals surface area (Å²) in [5.74, 6) is 0.0177.